The van der Waals surface area contributed by atoms with Crippen LogP contribution in [0.1, 0.15) is 0 Å². The number of amides is 2. The minimum Gasteiger partial charge on any atom is -0.447 e. The second-order valence-electron chi connectivity index (χ2n) is 5.01. The topological polar surface area (TPSA) is 71.5 Å². The SMILES string of the molecule is O=CN(CCOC(=O)Nc1cc2cc(F)ccc2cn1)CC(F)(F)F. The molecule has 0 radical (unpaired) electrons. The Balaban J connectivity index is 1.86. The van der Waals surface area contributed by atoms with Crippen molar-refractivity contribution < 1.29 is 31.9 Å². The van der Waals surface area contributed by atoms with Crippen LogP contribution >= 0.6 is 0 Å². The Morgan fingerprint density at radius 1 is 1.28 bits per heavy atom. The molecule has 1 aromatic carbocycles. The Hall–Kier alpha value is -2.91. The monoisotopic (exact) mass is 359 g/mol. The number of alkyl halides is 3. The molecule has 0 aliphatic rings. The van der Waals surface area contributed by atoms with E-state index in [-0.39, 0.29) is 12.2 Å². The molecule has 1 heterocycles. The van der Waals surface area contributed by atoms with Crippen molar-refractivity contribution in [3.63, 3.8) is 0 Å². The van der Waals surface area contributed by atoms with Gasteiger partial charge in [-0.05, 0) is 29.7 Å². The first-order chi connectivity index (χ1) is 11.8. The van der Waals surface area contributed by atoms with Gasteiger partial charge in [-0.1, -0.05) is 0 Å². The first-order valence-corrected chi connectivity index (χ1v) is 7.02. The lowest BCUT2D eigenvalue weighted by Gasteiger charge is -2.18. The number of pyridine rings is 1. The van der Waals surface area contributed by atoms with E-state index in [4.69, 9.17) is 4.74 Å². The maximum Gasteiger partial charge on any atom is 0.412 e. The van der Waals surface area contributed by atoms with Gasteiger partial charge >= 0.3 is 12.3 Å². The van der Waals surface area contributed by atoms with Crippen LogP contribution in [0, 0.1) is 5.82 Å². The molecule has 0 aliphatic carbocycles. The fourth-order valence-electron chi connectivity index (χ4n) is 1.98. The summed E-state index contributed by atoms with van der Waals surface area (Å²) in [6, 6.07) is 5.47. The number of carbonyl (C=O) groups is 2. The summed E-state index contributed by atoms with van der Waals surface area (Å²) in [6.07, 6.45) is -4.05. The van der Waals surface area contributed by atoms with Crippen LogP contribution in [0.4, 0.5) is 28.2 Å². The largest absolute Gasteiger partial charge is 0.447 e. The molecular weight excluding hydrogens is 346 g/mol. The van der Waals surface area contributed by atoms with Gasteiger partial charge in [-0.2, -0.15) is 13.2 Å². The molecule has 0 unspecified atom stereocenters. The molecule has 1 N–H and O–H groups in total. The molecule has 0 atom stereocenters. The average Bonchev–Trinajstić information content (AvgIpc) is 2.52. The highest BCUT2D eigenvalue weighted by atomic mass is 19.4. The van der Waals surface area contributed by atoms with E-state index in [1.807, 2.05) is 0 Å². The Kier molecular flexibility index (Phi) is 5.73. The van der Waals surface area contributed by atoms with Crippen molar-refractivity contribution in [2.24, 2.45) is 0 Å². The summed E-state index contributed by atoms with van der Waals surface area (Å²) in [6.45, 7) is -2.27. The highest BCUT2D eigenvalue weighted by molar-refractivity contribution is 5.89. The van der Waals surface area contributed by atoms with E-state index in [0.29, 0.717) is 15.7 Å². The van der Waals surface area contributed by atoms with Gasteiger partial charge in [0, 0.05) is 11.6 Å². The Bertz CT molecular complexity index is 767. The van der Waals surface area contributed by atoms with E-state index in [1.165, 1.54) is 30.5 Å². The van der Waals surface area contributed by atoms with Crippen LogP contribution in [-0.2, 0) is 9.53 Å². The molecular formula is C15H13F4N3O3. The molecule has 6 nitrogen and oxygen atoms in total. The lowest BCUT2D eigenvalue weighted by Crippen LogP contribution is -2.36. The Labute approximate surface area is 139 Å². The van der Waals surface area contributed by atoms with Crippen LogP contribution in [0.25, 0.3) is 10.8 Å². The number of ether oxygens (including phenoxy) is 1. The van der Waals surface area contributed by atoms with E-state index >= 15 is 0 Å². The lowest BCUT2D eigenvalue weighted by molar-refractivity contribution is -0.154. The summed E-state index contributed by atoms with van der Waals surface area (Å²) in [5, 5.41) is 3.43. The van der Waals surface area contributed by atoms with Gasteiger partial charge in [-0.15, -0.1) is 0 Å². The fourth-order valence-corrected chi connectivity index (χ4v) is 1.98. The average molecular weight is 359 g/mol. The van der Waals surface area contributed by atoms with Crippen molar-refractivity contribution in [1.82, 2.24) is 9.88 Å². The molecule has 0 aliphatic heterocycles. The lowest BCUT2D eigenvalue weighted by atomic mass is 10.2. The van der Waals surface area contributed by atoms with Gasteiger partial charge < -0.3 is 9.64 Å². The van der Waals surface area contributed by atoms with Crippen LogP contribution in [0.15, 0.2) is 30.5 Å². The number of nitrogens with zero attached hydrogens (tertiary/aromatic N) is 2. The van der Waals surface area contributed by atoms with Crippen molar-refractivity contribution in [2.45, 2.75) is 6.18 Å². The van der Waals surface area contributed by atoms with E-state index in [2.05, 4.69) is 10.3 Å². The van der Waals surface area contributed by atoms with E-state index in [0.717, 1.165) is 0 Å². The van der Waals surface area contributed by atoms with Crippen LogP contribution in [0.2, 0.25) is 0 Å². The number of aromatic nitrogens is 1. The van der Waals surface area contributed by atoms with Crippen molar-refractivity contribution in [2.75, 3.05) is 25.0 Å². The zero-order valence-electron chi connectivity index (χ0n) is 12.7. The number of anilines is 1. The molecule has 2 aromatic rings. The third-order valence-electron chi connectivity index (χ3n) is 3.06. The third-order valence-corrected chi connectivity index (χ3v) is 3.06. The number of rotatable bonds is 6. The first-order valence-electron chi connectivity index (χ1n) is 7.02. The molecule has 0 bridgehead atoms. The maximum atomic E-state index is 13.2. The molecule has 2 amide bonds. The van der Waals surface area contributed by atoms with Crippen LogP contribution < -0.4 is 5.32 Å². The Morgan fingerprint density at radius 2 is 2.04 bits per heavy atom. The summed E-state index contributed by atoms with van der Waals surface area (Å²) < 4.78 is 54.4. The van der Waals surface area contributed by atoms with Crippen LogP contribution in [0.5, 0.6) is 0 Å². The molecule has 0 spiro atoms. The highest BCUT2D eigenvalue weighted by Gasteiger charge is 2.30. The molecule has 134 valence electrons. The van der Waals surface area contributed by atoms with Gasteiger partial charge in [0.05, 0.1) is 6.54 Å². The highest BCUT2D eigenvalue weighted by Crippen LogP contribution is 2.18. The Morgan fingerprint density at radius 3 is 2.72 bits per heavy atom. The third kappa shape index (κ3) is 5.90. The zero-order chi connectivity index (χ0) is 18.4. The first kappa shape index (κ1) is 18.4. The van der Waals surface area contributed by atoms with Crippen molar-refractivity contribution in [3.8, 4) is 0 Å². The molecule has 2 rings (SSSR count). The fraction of sp³-hybridized carbons (Fsp3) is 0.267. The second-order valence-corrected chi connectivity index (χ2v) is 5.01. The number of carbonyl (C=O) groups excluding carboxylic acids is 2. The quantitative estimate of drug-likeness (QED) is 0.636. The molecule has 0 fully saturated rings. The number of halogens is 4. The van der Waals surface area contributed by atoms with Gasteiger partial charge in [-0.25, -0.2) is 14.2 Å². The van der Waals surface area contributed by atoms with Crippen LogP contribution in [-0.4, -0.2) is 48.3 Å². The van der Waals surface area contributed by atoms with Crippen LogP contribution in [0.3, 0.4) is 0 Å². The summed E-state index contributed by atoms with van der Waals surface area (Å²) in [5.74, 6) is -0.364. The molecule has 10 heteroatoms. The zero-order valence-corrected chi connectivity index (χ0v) is 12.7. The van der Waals surface area contributed by atoms with Gasteiger partial charge in [-0.3, -0.25) is 10.1 Å². The van der Waals surface area contributed by atoms with Gasteiger partial charge in [0.25, 0.3) is 0 Å². The van der Waals surface area contributed by atoms with Crippen molar-refractivity contribution >= 4 is 29.1 Å². The second kappa shape index (κ2) is 7.77. The summed E-state index contributed by atoms with van der Waals surface area (Å²) in [7, 11) is 0. The predicted molar refractivity (Wildman–Crippen MR) is 80.4 cm³/mol. The van der Waals surface area contributed by atoms with E-state index in [1.54, 1.807) is 0 Å². The van der Waals surface area contributed by atoms with Gasteiger partial charge in [0.2, 0.25) is 6.41 Å². The standard InChI is InChI=1S/C15H13F4N3O3/c16-12-2-1-10-7-20-13(6-11(10)5-12)21-14(24)25-4-3-22(9-23)8-15(17,18)19/h1-2,5-7,9H,3-4,8H2,(H,20,21,24). The smallest absolute Gasteiger partial charge is 0.412 e. The number of hydrogen-bond acceptors (Lipinski definition) is 4. The number of nitrogens with one attached hydrogen (secondary N) is 1. The molecule has 25 heavy (non-hydrogen) atoms. The number of fused-ring (bicyclic) bond motifs is 1. The summed E-state index contributed by atoms with van der Waals surface area (Å²) in [4.78, 5) is 26.5. The minimum absolute atomic E-state index is 0.0220. The van der Waals surface area contributed by atoms with E-state index in [9.17, 15) is 27.2 Å². The summed E-state index contributed by atoms with van der Waals surface area (Å²) >= 11 is 0. The minimum atomic E-state index is -4.53. The van der Waals surface area contributed by atoms with Gasteiger partial charge in [0.1, 0.15) is 24.8 Å². The molecule has 1 aromatic heterocycles. The predicted octanol–water partition coefficient (Wildman–Crippen LogP) is 2.94. The summed E-state index contributed by atoms with van der Waals surface area (Å²) in [5.41, 5.74) is 0. The normalized spacial score (nSPS) is 11.2. The maximum absolute atomic E-state index is 13.2. The van der Waals surface area contributed by atoms with Gasteiger partial charge in [0.15, 0.2) is 0 Å². The number of benzene rings is 1. The van der Waals surface area contributed by atoms with E-state index < -0.39 is 37.8 Å². The molecule has 0 saturated heterocycles. The van der Waals surface area contributed by atoms with Crippen molar-refractivity contribution in [1.29, 1.82) is 0 Å². The number of hydrogen-bond donors (Lipinski definition) is 1. The molecule has 0 saturated carbocycles. The van der Waals surface area contributed by atoms with Crippen molar-refractivity contribution in [3.05, 3.63) is 36.3 Å².